The van der Waals surface area contributed by atoms with E-state index in [4.69, 9.17) is 27.9 Å². The van der Waals surface area contributed by atoms with Crippen molar-refractivity contribution in [2.45, 2.75) is 44.7 Å². The quantitative estimate of drug-likeness (QED) is 0.262. The number of amides is 2. The van der Waals surface area contributed by atoms with Crippen LogP contribution >= 0.6 is 23.2 Å². The first-order valence-electron chi connectivity index (χ1n) is 13.2. The minimum absolute atomic E-state index is 0.0145. The van der Waals surface area contributed by atoms with Crippen LogP contribution in [-0.2, 0) is 26.2 Å². The number of nitrogens with one attached hydrogen (secondary N) is 1. The number of benzene rings is 3. The Hall–Kier alpha value is -3.27. The maximum absolute atomic E-state index is 14.1. The zero-order chi connectivity index (χ0) is 30.2. The van der Waals surface area contributed by atoms with Crippen LogP contribution in [0.2, 0.25) is 10.0 Å². The van der Waals surface area contributed by atoms with Crippen molar-refractivity contribution in [1.29, 1.82) is 0 Å². The molecule has 0 bridgehead atoms. The van der Waals surface area contributed by atoms with E-state index in [1.54, 1.807) is 67.6 Å². The molecule has 1 N–H and O–H groups in total. The summed E-state index contributed by atoms with van der Waals surface area (Å²) < 4.78 is 34.1. The van der Waals surface area contributed by atoms with Gasteiger partial charge in [0.2, 0.25) is 11.8 Å². The predicted molar refractivity (Wildman–Crippen MR) is 163 cm³/mol. The lowest BCUT2D eigenvalue weighted by molar-refractivity contribution is -0.140. The van der Waals surface area contributed by atoms with E-state index < -0.39 is 28.5 Å². The Balaban J connectivity index is 2.07. The van der Waals surface area contributed by atoms with Gasteiger partial charge in [0, 0.05) is 19.2 Å². The number of ether oxygens (including phenoxy) is 1. The van der Waals surface area contributed by atoms with Crippen LogP contribution < -0.4 is 14.4 Å². The van der Waals surface area contributed by atoms with E-state index in [1.165, 1.54) is 24.1 Å². The molecule has 0 radical (unpaired) electrons. The Morgan fingerprint density at radius 2 is 1.66 bits per heavy atom. The van der Waals surface area contributed by atoms with Gasteiger partial charge >= 0.3 is 0 Å². The van der Waals surface area contributed by atoms with E-state index in [1.807, 2.05) is 13.8 Å². The van der Waals surface area contributed by atoms with E-state index in [0.29, 0.717) is 34.3 Å². The van der Waals surface area contributed by atoms with Crippen LogP contribution in [-0.4, -0.2) is 51.4 Å². The summed E-state index contributed by atoms with van der Waals surface area (Å²) in [5, 5.41) is 3.56. The van der Waals surface area contributed by atoms with Gasteiger partial charge < -0.3 is 15.0 Å². The number of carbonyl (C=O) groups excluding carboxylic acids is 2. The molecule has 0 fully saturated rings. The number of hydrogen-bond donors (Lipinski definition) is 1. The number of halogens is 2. The molecule has 11 heteroatoms. The second kappa shape index (κ2) is 14.6. The van der Waals surface area contributed by atoms with Gasteiger partial charge in [0.25, 0.3) is 10.0 Å². The minimum Gasteiger partial charge on any atom is -0.497 e. The highest BCUT2D eigenvalue weighted by atomic mass is 35.5. The molecule has 0 unspecified atom stereocenters. The van der Waals surface area contributed by atoms with Crippen LogP contribution in [0.25, 0.3) is 0 Å². The predicted octanol–water partition coefficient (Wildman–Crippen LogP) is 5.78. The number of sulfonamides is 1. The summed E-state index contributed by atoms with van der Waals surface area (Å²) >= 11 is 12.3. The molecule has 3 aromatic carbocycles. The minimum atomic E-state index is -4.18. The fraction of sp³-hybridized carbons (Fsp3) is 0.333. The van der Waals surface area contributed by atoms with E-state index in [9.17, 15) is 18.0 Å². The molecule has 0 spiro atoms. The van der Waals surface area contributed by atoms with Crippen LogP contribution in [0.4, 0.5) is 5.69 Å². The second-order valence-corrected chi connectivity index (χ2v) is 12.5. The van der Waals surface area contributed by atoms with Gasteiger partial charge in [-0.3, -0.25) is 13.9 Å². The summed E-state index contributed by atoms with van der Waals surface area (Å²) in [6.07, 6.45) is 0.307. The van der Waals surface area contributed by atoms with Gasteiger partial charge in [-0.25, -0.2) is 8.42 Å². The van der Waals surface area contributed by atoms with Crippen LogP contribution in [0.15, 0.2) is 77.7 Å². The third-order valence-corrected chi connectivity index (χ3v) is 8.89. The molecule has 0 aliphatic heterocycles. The highest BCUT2D eigenvalue weighted by Gasteiger charge is 2.34. The molecule has 0 aliphatic rings. The van der Waals surface area contributed by atoms with Gasteiger partial charge in [0.05, 0.1) is 27.7 Å². The zero-order valence-electron chi connectivity index (χ0n) is 23.5. The van der Waals surface area contributed by atoms with Crippen LogP contribution in [0, 0.1) is 5.92 Å². The highest BCUT2D eigenvalue weighted by molar-refractivity contribution is 7.92. The molecule has 41 heavy (non-hydrogen) atoms. The molecular weight excluding hydrogens is 585 g/mol. The lowest BCUT2D eigenvalue weighted by atomic mass is 10.1. The SMILES string of the molecule is CC[C@@H](C(=O)NCC(C)C)N(Cc1ccc(Cl)c(Cl)c1)C(=O)CN(c1cccc(OC)c1)S(=O)(=O)c1ccccc1. The van der Waals surface area contributed by atoms with Crippen molar-refractivity contribution in [3.63, 3.8) is 0 Å². The zero-order valence-corrected chi connectivity index (χ0v) is 25.8. The van der Waals surface area contributed by atoms with Crippen LogP contribution in [0.3, 0.4) is 0 Å². The van der Waals surface area contributed by atoms with Crippen LogP contribution in [0.1, 0.15) is 32.8 Å². The van der Waals surface area contributed by atoms with E-state index >= 15 is 0 Å². The Morgan fingerprint density at radius 1 is 0.951 bits per heavy atom. The van der Waals surface area contributed by atoms with Gasteiger partial charge in [0.1, 0.15) is 18.3 Å². The number of nitrogens with zero attached hydrogens (tertiary/aromatic N) is 2. The van der Waals surface area contributed by atoms with Gasteiger partial charge in [0.15, 0.2) is 0 Å². The standard InChI is InChI=1S/C30H35Cl2N3O5S/c1-5-28(30(37)33-18-21(2)3)34(19-22-14-15-26(31)27(32)16-22)29(36)20-35(23-10-9-11-24(17-23)40-4)41(38,39)25-12-7-6-8-13-25/h6-17,21,28H,5,18-20H2,1-4H3,(H,33,37)/t28-/m0/s1. The molecule has 3 aromatic rings. The van der Waals surface area contributed by atoms with Crippen molar-refractivity contribution >= 4 is 50.7 Å². The average Bonchev–Trinajstić information content (AvgIpc) is 2.96. The molecule has 3 rings (SSSR count). The third-order valence-electron chi connectivity index (χ3n) is 6.36. The smallest absolute Gasteiger partial charge is 0.264 e. The molecule has 0 aliphatic carbocycles. The lowest BCUT2D eigenvalue weighted by Crippen LogP contribution is -2.52. The number of rotatable bonds is 13. The Labute approximate surface area is 252 Å². The van der Waals surface area contributed by atoms with Crippen molar-refractivity contribution in [2.24, 2.45) is 5.92 Å². The second-order valence-electron chi connectivity index (χ2n) is 9.86. The first-order valence-corrected chi connectivity index (χ1v) is 15.4. The summed E-state index contributed by atoms with van der Waals surface area (Å²) in [6, 6.07) is 18.4. The fourth-order valence-electron chi connectivity index (χ4n) is 4.19. The Morgan fingerprint density at radius 3 is 2.27 bits per heavy atom. The molecule has 220 valence electrons. The van der Waals surface area contributed by atoms with Gasteiger partial charge in [-0.15, -0.1) is 0 Å². The summed E-state index contributed by atoms with van der Waals surface area (Å²) in [6.45, 7) is 5.64. The first kappa shape index (κ1) is 32.2. The third kappa shape index (κ3) is 8.38. The van der Waals surface area contributed by atoms with Crippen molar-refractivity contribution in [3.8, 4) is 5.75 Å². The van der Waals surface area contributed by atoms with Crippen molar-refractivity contribution in [3.05, 3.63) is 88.4 Å². The maximum Gasteiger partial charge on any atom is 0.264 e. The Bertz CT molecular complexity index is 1450. The fourth-order valence-corrected chi connectivity index (χ4v) is 5.94. The highest BCUT2D eigenvalue weighted by Crippen LogP contribution is 2.28. The maximum atomic E-state index is 14.1. The molecule has 0 heterocycles. The summed E-state index contributed by atoms with van der Waals surface area (Å²) in [5.74, 6) is -0.260. The Kier molecular flexibility index (Phi) is 11.5. The number of anilines is 1. The molecule has 0 saturated heterocycles. The topological polar surface area (TPSA) is 96.0 Å². The summed E-state index contributed by atoms with van der Waals surface area (Å²) in [4.78, 5) is 28.8. The molecule has 8 nitrogen and oxygen atoms in total. The molecular formula is C30H35Cl2N3O5S. The molecule has 0 aromatic heterocycles. The number of hydrogen-bond acceptors (Lipinski definition) is 5. The van der Waals surface area contributed by atoms with Gasteiger partial charge in [-0.2, -0.15) is 0 Å². The van der Waals surface area contributed by atoms with E-state index in [-0.39, 0.29) is 29.0 Å². The monoisotopic (exact) mass is 619 g/mol. The van der Waals surface area contributed by atoms with Crippen molar-refractivity contribution < 1.29 is 22.7 Å². The van der Waals surface area contributed by atoms with E-state index in [2.05, 4.69) is 5.32 Å². The number of carbonyl (C=O) groups is 2. The lowest BCUT2D eigenvalue weighted by Gasteiger charge is -2.33. The summed E-state index contributed by atoms with van der Waals surface area (Å²) in [5.41, 5.74) is 0.884. The van der Waals surface area contributed by atoms with Gasteiger partial charge in [-0.05, 0) is 54.3 Å². The summed E-state index contributed by atoms with van der Waals surface area (Å²) in [7, 11) is -2.70. The normalized spacial score (nSPS) is 12.1. The van der Waals surface area contributed by atoms with E-state index in [0.717, 1.165) is 4.31 Å². The number of methoxy groups -OCH3 is 1. The van der Waals surface area contributed by atoms with Crippen LogP contribution in [0.5, 0.6) is 5.75 Å². The average molecular weight is 621 g/mol. The van der Waals surface area contributed by atoms with Gasteiger partial charge in [-0.1, -0.05) is 74.3 Å². The first-order chi connectivity index (χ1) is 19.5. The largest absolute Gasteiger partial charge is 0.497 e. The van der Waals surface area contributed by atoms with Crippen molar-refractivity contribution in [2.75, 3.05) is 24.5 Å². The molecule has 1 atom stereocenters. The molecule has 2 amide bonds. The van der Waals surface area contributed by atoms with Crippen molar-refractivity contribution in [1.82, 2.24) is 10.2 Å². The molecule has 0 saturated carbocycles.